The highest BCUT2D eigenvalue weighted by molar-refractivity contribution is 5.95. The number of carbonyl (C=O) groups is 3. The number of rotatable bonds is 5. The van der Waals surface area contributed by atoms with Crippen molar-refractivity contribution in [3.05, 3.63) is 29.8 Å². The molecule has 1 fully saturated rings. The van der Waals surface area contributed by atoms with Crippen molar-refractivity contribution >= 4 is 23.5 Å². The highest BCUT2D eigenvalue weighted by atomic mass is 16.5. The highest BCUT2D eigenvalue weighted by Gasteiger charge is 2.23. The third-order valence-electron chi connectivity index (χ3n) is 3.95. The molecule has 1 aliphatic heterocycles. The molecule has 0 bridgehead atoms. The zero-order valence-electron chi connectivity index (χ0n) is 14.2. The summed E-state index contributed by atoms with van der Waals surface area (Å²) >= 11 is 0. The molecule has 2 amide bonds. The summed E-state index contributed by atoms with van der Waals surface area (Å²) in [4.78, 5) is 37.4. The van der Waals surface area contributed by atoms with E-state index in [2.05, 4.69) is 5.32 Å². The van der Waals surface area contributed by atoms with Gasteiger partial charge < -0.3 is 15.0 Å². The molecule has 25 heavy (non-hydrogen) atoms. The van der Waals surface area contributed by atoms with Crippen molar-refractivity contribution in [3.63, 3.8) is 0 Å². The van der Waals surface area contributed by atoms with Crippen LogP contribution in [0.15, 0.2) is 24.3 Å². The molecule has 1 saturated heterocycles. The molecular formula is C18H21N3O4. The lowest BCUT2D eigenvalue weighted by molar-refractivity contribution is -0.156. The number of nitrogens with one attached hydrogen (secondary N) is 1. The summed E-state index contributed by atoms with van der Waals surface area (Å²) in [5.74, 6) is -1.12. The van der Waals surface area contributed by atoms with E-state index in [0.717, 1.165) is 19.3 Å². The molecule has 2 rings (SSSR count). The Kier molecular flexibility index (Phi) is 6.52. The van der Waals surface area contributed by atoms with Crippen LogP contribution in [0, 0.1) is 11.3 Å². The zero-order valence-corrected chi connectivity index (χ0v) is 14.2. The lowest BCUT2D eigenvalue weighted by Gasteiger charge is -2.20. The van der Waals surface area contributed by atoms with Crippen LogP contribution in [0.25, 0.3) is 0 Å². The Labute approximate surface area is 146 Å². The van der Waals surface area contributed by atoms with E-state index in [1.807, 2.05) is 6.07 Å². The van der Waals surface area contributed by atoms with Gasteiger partial charge >= 0.3 is 5.97 Å². The van der Waals surface area contributed by atoms with Gasteiger partial charge in [-0.3, -0.25) is 14.4 Å². The maximum atomic E-state index is 12.1. The van der Waals surface area contributed by atoms with Crippen LogP contribution in [0.3, 0.4) is 0 Å². The van der Waals surface area contributed by atoms with Gasteiger partial charge in [-0.25, -0.2) is 0 Å². The van der Waals surface area contributed by atoms with Crippen LogP contribution >= 0.6 is 0 Å². The Hall–Kier alpha value is -2.88. The fraction of sp³-hybridized carbons (Fsp3) is 0.444. The van der Waals surface area contributed by atoms with Crippen LogP contribution in [0.2, 0.25) is 0 Å². The van der Waals surface area contributed by atoms with Gasteiger partial charge in [0.2, 0.25) is 5.91 Å². The predicted molar refractivity (Wildman–Crippen MR) is 90.4 cm³/mol. The number of hydrogen-bond acceptors (Lipinski definition) is 5. The van der Waals surface area contributed by atoms with E-state index >= 15 is 0 Å². The molecule has 7 heteroatoms. The molecule has 132 valence electrons. The average Bonchev–Trinajstić information content (AvgIpc) is 2.80. The van der Waals surface area contributed by atoms with Gasteiger partial charge in [0, 0.05) is 18.7 Å². The second-order valence-electron chi connectivity index (χ2n) is 5.94. The van der Waals surface area contributed by atoms with Gasteiger partial charge in [-0.1, -0.05) is 6.42 Å². The van der Waals surface area contributed by atoms with Crippen LogP contribution in [0.5, 0.6) is 0 Å². The summed E-state index contributed by atoms with van der Waals surface area (Å²) in [5.41, 5.74) is 0.995. The number of hydrogen-bond donors (Lipinski definition) is 1. The number of anilines is 1. The molecule has 0 aliphatic carbocycles. The summed E-state index contributed by atoms with van der Waals surface area (Å²) in [7, 11) is 0. The fourth-order valence-corrected chi connectivity index (χ4v) is 2.52. The molecule has 1 aromatic rings. The normalized spacial score (nSPS) is 15.7. The molecule has 7 nitrogen and oxygen atoms in total. The predicted octanol–water partition coefficient (Wildman–Crippen LogP) is 1.83. The van der Waals surface area contributed by atoms with Gasteiger partial charge in [-0.2, -0.15) is 5.26 Å². The van der Waals surface area contributed by atoms with E-state index in [-0.39, 0.29) is 12.5 Å². The first-order valence-corrected chi connectivity index (χ1v) is 8.28. The van der Waals surface area contributed by atoms with Gasteiger partial charge in [0.15, 0.2) is 6.10 Å². The minimum absolute atomic E-state index is 0.0517. The molecule has 0 aromatic heterocycles. The Balaban J connectivity index is 1.83. The maximum Gasteiger partial charge on any atom is 0.326 e. The van der Waals surface area contributed by atoms with Crippen molar-refractivity contribution in [2.24, 2.45) is 0 Å². The summed E-state index contributed by atoms with van der Waals surface area (Å²) in [6.45, 7) is 1.88. The second kappa shape index (κ2) is 8.83. The van der Waals surface area contributed by atoms with Crippen molar-refractivity contribution in [2.75, 3.05) is 18.4 Å². The summed E-state index contributed by atoms with van der Waals surface area (Å²) < 4.78 is 5.12. The molecule has 1 atom stereocenters. The standard InChI is InChI=1S/C18H21N3O4/c1-13(18(24)20-15-8-6-14(11-19)7-9-15)25-17(23)12-21-10-4-2-3-5-16(21)22/h6-9,13H,2-5,10,12H2,1H3,(H,20,24). The SMILES string of the molecule is CC(OC(=O)CN1CCCCCC1=O)C(=O)Nc1ccc(C#N)cc1. The number of nitriles is 1. The molecule has 0 saturated carbocycles. The number of esters is 1. The molecular weight excluding hydrogens is 322 g/mol. The summed E-state index contributed by atoms with van der Waals surface area (Å²) in [6, 6.07) is 8.35. The fourth-order valence-electron chi connectivity index (χ4n) is 2.52. The Morgan fingerprint density at radius 3 is 2.68 bits per heavy atom. The van der Waals surface area contributed by atoms with Crippen molar-refractivity contribution in [2.45, 2.75) is 38.7 Å². The zero-order chi connectivity index (χ0) is 18.2. The first-order chi connectivity index (χ1) is 12.0. The number of benzene rings is 1. The summed E-state index contributed by atoms with van der Waals surface area (Å²) in [6.07, 6.45) is 2.15. The quantitative estimate of drug-likeness (QED) is 0.822. The molecule has 0 radical (unpaired) electrons. The van der Waals surface area contributed by atoms with E-state index in [9.17, 15) is 14.4 Å². The minimum Gasteiger partial charge on any atom is -0.451 e. The van der Waals surface area contributed by atoms with E-state index < -0.39 is 18.0 Å². The van der Waals surface area contributed by atoms with E-state index in [1.54, 1.807) is 24.3 Å². The number of ether oxygens (including phenoxy) is 1. The van der Waals surface area contributed by atoms with Gasteiger partial charge in [0.05, 0.1) is 11.6 Å². The third kappa shape index (κ3) is 5.60. The lowest BCUT2D eigenvalue weighted by Crippen LogP contribution is -2.38. The lowest BCUT2D eigenvalue weighted by atomic mass is 10.2. The van der Waals surface area contributed by atoms with E-state index in [1.165, 1.54) is 11.8 Å². The average molecular weight is 343 g/mol. The molecule has 1 N–H and O–H groups in total. The second-order valence-corrected chi connectivity index (χ2v) is 5.94. The number of nitrogens with zero attached hydrogens (tertiary/aromatic N) is 2. The largest absolute Gasteiger partial charge is 0.451 e. The highest BCUT2D eigenvalue weighted by Crippen LogP contribution is 2.12. The van der Waals surface area contributed by atoms with Crippen molar-refractivity contribution < 1.29 is 19.1 Å². The van der Waals surface area contributed by atoms with Crippen LogP contribution in [-0.2, 0) is 19.1 Å². The number of likely N-dealkylation sites (tertiary alicyclic amines) is 1. The molecule has 1 aliphatic rings. The first kappa shape index (κ1) is 18.5. The smallest absolute Gasteiger partial charge is 0.326 e. The van der Waals surface area contributed by atoms with Gasteiger partial charge in [-0.05, 0) is 44.0 Å². The van der Waals surface area contributed by atoms with Crippen LogP contribution in [0.4, 0.5) is 5.69 Å². The Morgan fingerprint density at radius 1 is 1.28 bits per heavy atom. The molecule has 1 aromatic carbocycles. The van der Waals surface area contributed by atoms with Crippen molar-refractivity contribution in [3.8, 4) is 6.07 Å². The number of carbonyl (C=O) groups excluding carboxylic acids is 3. The monoisotopic (exact) mass is 343 g/mol. The van der Waals surface area contributed by atoms with E-state index in [0.29, 0.717) is 24.2 Å². The summed E-state index contributed by atoms with van der Waals surface area (Å²) in [5, 5.41) is 11.4. The van der Waals surface area contributed by atoms with E-state index in [4.69, 9.17) is 10.00 Å². The van der Waals surface area contributed by atoms with Crippen molar-refractivity contribution in [1.82, 2.24) is 4.90 Å². The van der Waals surface area contributed by atoms with Crippen LogP contribution < -0.4 is 5.32 Å². The van der Waals surface area contributed by atoms with Gasteiger partial charge in [0.1, 0.15) is 6.54 Å². The topological polar surface area (TPSA) is 99.5 Å². The molecule has 0 spiro atoms. The Bertz CT molecular complexity index is 679. The van der Waals surface area contributed by atoms with Gasteiger partial charge in [-0.15, -0.1) is 0 Å². The maximum absolute atomic E-state index is 12.1. The number of amides is 2. The molecule has 1 unspecified atom stereocenters. The Morgan fingerprint density at radius 2 is 2.00 bits per heavy atom. The minimum atomic E-state index is -0.981. The van der Waals surface area contributed by atoms with Crippen molar-refractivity contribution in [1.29, 1.82) is 5.26 Å². The first-order valence-electron chi connectivity index (χ1n) is 8.28. The van der Waals surface area contributed by atoms with Crippen LogP contribution in [-0.4, -0.2) is 41.9 Å². The third-order valence-corrected chi connectivity index (χ3v) is 3.95. The van der Waals surface area contributed by atoms with Gasteiger partial charge in [0.25, 0.3) is 5.91 Å². The molecule has 1 heterocycles. The van der Waals surface area contributed by atoms with Crippen LogP contribution in [0.1, 0.15) is 38.2 Å².